The zero-order valence-corrected chi connectivity index (χ0v) is 14.0. The second-order valence-corrected chi connectivity index (χ2v) is 6.37. The fourth-order valence-electron chi connectivity index (χ4n) is 2.31. The summed E-state index contributed by atoms with van der Waals surface area (Å²) < 4.78 is 0. The highest BCUT2D eigenvalue weighted by atomic mass is 31.0. The van der Waals surface area contributed by atoms with Crippen molar-refractivity contribution in [3.8, 4) is 0 Å². The maximum Gasteiger partial charge on any atom is 0.0472 e. The van der Waals surface area contributed by atoms with Crippen molar-refractivity contribution >= 4 is 9.24 Å². The van der Waals surface area contributed by atoms with E-state index >= 15 is 0 Å². The smallest absolute Gasteiger partial charge is 0.0472 e. The molecule has 0 bridgehead atoms. The molecule has 0 amide bonds. The minimum Gasteiger partial charge on any atom is -0.371 e. The fourth-order valence-corrected chi connectivity index (χ4v) is 3.07. The highest BCUT2D eigenvalue weighted by Crippen LogP contribution is 2.22. The Hall–Kier alpha value is -0.230. The second kappa shape index (κ2) is 7.26. The topological polar surface area (TPSA) is 6.48 Å². The maximum atomic E-state index is 2.89. The van der Waals surface area contributed by atoms with Gasteiger partial charge < -0.3 is 9.80 Å². The summed E-state index contributed by atoms with van der Waals surface area (Å²) in [5.74, 6) is 0. The number of hydrogen-bond donors (Lipinski definition) is 0. The third-order valence-corrected chi connectivity index (χ3v) is 3.33. The van der Waals surface area contributed by atoms with Crippen LogP contribution in [0, 0.1) is 0 Å². The van der Waals surface area contributed by atoms with Crippen LogP contribution in [-0.2, 0) is 0 Å². The Morgan fingerprint density at radius 3 is 1.35 bits per heavy atom. The van der Waals surface area contributed by atoms with E-state index in [9.17, 15) is 0 Å². The van der Waals surface area contributed by atoms with Gasteiger partial charge in [-0.1, -0.05) is 9.24 Å². The minimum absolute atomic E-state index is 0.528. The van der Waals surface area contributed by atoms with Gasteiger partial charge in [0.25, 0.3) is 0 Å². The van der Waals surface area contributed by atoms with Gasteiger partial charge >= 0.3 is 0 Å². The van der Waals surface area contributed by atoms with Gasteiger partial charge in [0.15, 0.2) is 0 Å². The molecule has 2 nitrogen and oxygen atoms in total. The van der Waals surface area contributed by atoms with Crippen molar-refractivity contribution in [1.29, 1.82) is 0 Å². The monoisotopic (exact) mass is 258 g/mol. The van der Waals surface area contributed by atoms with Crippen LogP contribution >= 0.6 is 9.24 Å². The Morgan fingerprint density at radius 1 is 0.765 bits per heavy atom. The summed E-state index contributed by atoms with van der Waals surface area (Å²) in [6.07, 6.45) is 2.28. The van der Waals surface area contributed by atoms with E-state index in [2.05, 4.69) is 80.6 Å². The molecule has 3 heteroatoms. The van der Waals surface area contributed by atoms with Crippen LogP contribution < -0.4 is 0 Å². The number of nitrogens with zero attached hydrogens (tertiary/aromatic N) is 2. The minimum atomic E-state index is 0.528. The molecule has 0 heterocycles. The molecule has 102 valence electrons. The van der Waals surface area contributed by atoms with E-state index in [1.807, 2.05) is 0 Å². The molecule has 1 atom stereocenters. The highest BCUT2D eigenvalue weighted by Gasteiger charge is 2.16. The van der Waals surface area contributed by atoms with E-state index in [4.69, 9.17) is 0 Å². The van der Waals surface area contributed by atoms with Gasteiger partial charge in [0.05, 0.1) is 0 Å². The first kappa shape index (κ1) is 16.8. The molecule has 0 N–H and O–H groups in total. The molecular weight excluding hydrogens is 227 g/mol. The third kappa shape index (κ3) is 5.29. The van der Waals surface area contributed by atoms with Gasteiger partial charge in [0.2, 0.25) is 0 Å². The van der Waals surface area contributed by atoms with Crippen LogP contribution in [0.2, 0.25) is 0 Å². The largest absolute Gasteiger partial charge is 0.371 e. The Kier molecular flexibility index (Phi) is 7.16. The summed E-state index contributed by atoms with van der Waals surface area (Å²) in [7, 11) is 2.89. The molecule has 1 unspecified atom stereocenters. The van der Waals surface area contributed by atoms with Gasteiger partial charge in [-0.2, -0.15) is 0 Å². The number of rotatable bonds is 6. The molecule has 0 fully saturated rings. The van der Waals surface area contributed by atoms with Crippen LogP contribution in [0.3, 0.4) is 0 Å². The van der Waals surface area contributed by atoms with Crippen molar-refractivity contribution in [3.63, 3.8) is 0 Å². The van der Waals surface area contributed by atoms with Crippen LogP contribution in [0.15, 0.2) is 11.6 Å². The molecule has 17 heavy (non-hydrogen) atoms. The first-order chi connectivity index (χ1) is 7.68. The molecule has 0 aliphatic heterocycles. The zero-order chi connectivity index (χ0) is 13.7. The molecule has 0 aliphatic carbocycles. The van der Waals surface area contributed by atoms with Gasteiger partial charge in [-0.25, -0.2) is 0 Å². The summed E-state index contributed by atoms with van der Waals surface area (Å²) in [4.78, 5) is 4.84. The van der Waals surface area contributed by atoms with Crippen LogP contribution in [0.4, 0.5) is 0 Å². The van der Waals surface area contributed by atoms with E-state index in [-0.39, 0.29) is 0 Å². The third-order valence-electron chi connectivity index (χ3n) is 2.88. The molecule has 0 spiro atoms. The average molecular weight is 258 g/mol. The van der Waals surface area contributed by atoms with E-state index in [0.717, 1.165) is 0 Å². The molecular formula is C14H31N2P. The Labute approximate surface area is 111 Å². The van der Waals surface area contributed by atoms with E-state index in [1.165, 1.54) is 5.44 Å². The van der Waals surface area contributed by atoms with Crippen molar-refractivity contribution in [2.24, 2.45) is 0 Å². The Balaban J connectivity index is 5.01. The van der Waals surface area contributed by atoms with Crippen LogP contribution in [-0.4, -0.2) is 34.0 Å². The summed E-state index contributed by atoms with van der Waals surface area (Å²) >= 11 is 0. The van der Waals surface area contributed by atoms with Gasteiger partial charge in [-0.3, -0.25) is 0 Å². The molecule has 0 radical (unpaired) electrons. The van der Waals surface area contributed by atoms with Crippen molar-refractivity contribution in [2.75, 3.05) is 0 Å². The fraction of sp³-hybridized carbons (Fsp3) is 0.857. The predicted octanol–water partition coefficient (Wildman–Crippen LogP) is 3.90. The first-order valence-corrected chi connectivity index (χ1v) is 7.29. The van der Waals surface area contributed by atoms with Crippen molar-refractivity contribution in [1.82, 2.24) is 9.80 Å². The molecule has 0 saturated heterocycles. The quantitative estimate of drug-likeness (QED) is 0.667. The highest BCUT2D eigenvalue weighted by molar-refractivity contribution is 7.22. The van der Waals surface area contributed by atoms with E-state index in [1.54, 1.807) is 0 Å². The normalized spacial score (nSPS) is 13.1. The van der Waals surface area contributed by atoms with Gasteiger partial charge in [0.1, 0.15) is 0 Å². The molecule has 0 aliphatic rings. The summed E-state index contributed by atoms with van der Waals surface area (Å²) in [6, 6.07) is 2.12. The molecule has 0 saturated carbocycles. The Bertz CT molecular complexity index is 229. The van der Waals surface area contributed by atoms with Crippen molar-refractivity contribution < 1.29 is 0 Å². The lowest BCUT2D eigenvalue weighted by Gasteiger charge is -2.37. The van der Waals surface area contributed by atoms with Crippen molar-refractivity contribution in [3.05, 3.63) is 11.6 Å². The second-order valence-electron chi connectivity index (χ2n) is 5.78. The van der Waals surface area contributed by atoms with Crippen molar-refractivity contribution in [2.45, 2.75) is 79.6 Å². The number of hydrogen-bond acceptors (Lipinski definition) is 2. The lowest BCUT2D eigenvalue weighted by molar-refractivity contribution is 0.220. The summed E-state index contributed by atoms with van der Waals surface area (Å²) in [6.45, 7) is 17.9. The maximum absolute atomic E-state index is 2.89. The SMILES string of the molecule is CC(C)N(C=C(P)N(C(C)C)C(C)C)C(C)C. The van der Waals surface area contributed by atoms with Crippen LogP contribution in [0.25, 0.3) is 0 Å². The predicted molar refractivity (Wildman–Crippen MR) is 82.0 cm³/mol. The van der Waals surface area contributed by atoms with Gasteiger partial charge in [-0.05, 0) is 55.4 Å². The molecule has 0 rings (SSSR count). The average Bonchev–Trinajstić information content (AvgIpc) is 2.11. The van der Waals surface area contributed by atoms with Gasteiger partial charge in [0, 0.05) is 35.8 Å². The summed E-state index contributed by atoms with van der Waals surface area (Å²) in [5.41, 5.74) is 1.28. The first-order valence-electron chi connectivity index (χ1n) is 6.71. The molecule has 0 aromatic rings. The van der Waals surface area contributed by atoms with Gasteiger partial charge in [-0.15, -0.1) is 0 Å². The lowest BCUT2D eigenvalue weighted by Crippen LogP contribution is -2.37. The standard InChI is InChI=1S/C14H31N2P/c1-10(2)15(11(3)4)9-14(17)16(12(5)6)13(7)8/h9-13H,17H2,1-8H3. The van der Waals surface area contributed by atoms with Crippen LogP contribution in [0.5, 0.6) is 0 Å². The molecule has 0 aromatic carbocycles. The lowest BCUT2D eigenvalue weighted by atomic mass is 10.2. The zero-order valence-electron chi connectivity index (χ0n) is 12.9. The Morgan fingerprint density at radius 2 is 1.12 bits per heavy atom. The summed E-state index contributed by atoms with van der Waals surface area (Å²) in [5, 5.41) is 0. The van der Waals surface area contributed by atoms with E-state index in [0.29, 0.717) is 24.2 Å². The van der Waals surface area contributed by atoms with Crippen LogP contribution in [0.1, 0.15) is 55.4 Å². The molecule has 0 aromatic heterocycles. The van der Waals surface area contributed by atoms with E-state index < -0.39 is 0 Å².